The van der Waals surface area contributed by atoms with Gasteiger partial charge in [-0.3, -0.25) is 4.79 Å². The van der Waals surface area contributed by atoms with Crippen LogP contribution in [0.1, 0.15) is 18.1 Å². The highest BCUT2D eigenvalue weighted by molar-refractivity contribution is 14.1. The minimum absolute atomic E-state index is 0.0302. The Bertz CT molecular complexity index is 1380. The van der Waals surface area contributed by atoms with Gasteiger partial charge in [0.05, 0.1) is 26.5 Å². The second-order valence-electron chi connectivity index (χ2n) is 7.20. The molecule has 8 nitrogen and oxygen atoms in total. The Morgan fingerprint density at radius 3 is 2.53 bits per heavy atom. The van der Waals surface area contributed by atoms with Crippen LogP contribution in [-0.2, 0) is 19.7 Å². The van der Waals surface area contributed by atoms with E-state index < -0.39 is 20.8 Å². The predicted octanol–water partition coefficient (Wildman–Crippen LogP) is 4.32. The molecule has 2 aromatic carbocycles. The molecule has 3 aromatic rings. The van der Waals surface area contributed by atoms with Crippen LogP contribution in [0.3, 0.4) is 0 Å². The maximum atomic E-state index is 14.0. The molecule has 2 heterocycles. The van der Waals surface area contributed by atoms with Crippen LogP contribution in [0.25, 0.3) is 0 Å². The molecule has 0 N–H and O–H groups in total. The lowest BCUT2D eigenvalue weighted by molar-refractivity contribution is -0.118. The van der Waals surface area contributed by atoms with Gasteiger partial charge in [-0.25, -0.2) is 17.7 Å². The van der Waals surface area contributed by atoms with Crippen LogP contribution in [0.2, 0.25) is 0 Å². The van der Waals surface area contributed by atoms with Gasteiger partial charge in [-0.2, -0.15) is 0 Å². The summed E-state index contributed by atoms with van der Waals surface area (Å²) in [4.78, 5) is 16.1. The topological polar surface area (TPSA) is 95.0 Å². The van der Waals surface area contributed by atoms with Gasteiger partial charge in [-0.1, -0.05) is 11.6 Å². The molecule has 0 saturated carbocycles. The number of fused-ring (bicyclic) bond motifs is 1. The lowest BCUT2D eigenvalue weighted by Gasteiger charge is -2.24. The zero-order chi connectivity index (χ0) is 24.7. The number of rotatable bonds is 7. The Kier molecular flexibility index (Phi) is 6.67. The molecule has 0 bridgehead atoms. The zero-order valence-corrected chi connectivity index (χ0v) is 22.1. The molecule has 1 aliphatic rings. The van der Waals surface area contributed by atoms with Crippen molar-refractivity contribution in [2.75, 3.05) is 25.1 Å². The Hall–Kier alpha value is -2.57. The van der Waals surface area contributed by atoms with Crippen molar-refractivity contribution in [1.29, 1.82) is 0 Å². The number of alkyl halides is 1. The molecule has 0 fully saturated rings. The van der Waals surface area contributed by atoms with Crippen LogP contribution < -0.4 is 18.5 Å². The highest BCUT2D eigenvalue weighted by Crippen LogP contribution is 2.53. The third-order valence-electron chi connectivity index (χ3n) is 5.34. The summed E-state index contributed by atoms with van der Waals surface area (Å²) in [5.41, 5.74) is 0.715. The van der Waals surface area contributed by atoms with Crippen LogP contribution in [0.5, 0.6) is 17.4 Å². The normalized spacial score (nSPS) is 17.4. The highest BCUT2D eigenvalue weighted by atomic mass is 127. The zero-order valence-electron chi connectivity index (χ0n) is 18.4. The molecule has 178 valence electrons. The van der Waals surface area contributed by atoms with E-state index in [1.807, 2.05) is 0 Å². The van der Waals surface area contributed by atoms with E-state index in [1.54, 1.807) is 37.3 Å². The molecule has 1 unspecified atom stereocenters. The molecule has 0 radical (unpaired) electrons. The van der Waals surface area contributed by atoms with Gasteiger partial charge in [-0.05, 0) is 72.0 Å². The molecule has 34 heavy (non-hydrogen) atoms. The molecular formula is C23H20ClIN2O6S. The van der Waals surface area contributed by atoms with Crippen LogP contribution in [0.15, 0.2) is 59.6 Å². The molecular weight excluding hydrogens is 595 g/mol. The number of carbonyl (C=O) groups excluding carboxylic acids is 1. The highest BCUT2D eigenvalue weighted by Gasteiger charge is 2.57. The molecule has 1 atom stereocenters. The van der Waals surface area contributed by atoms with Crippen LogP contribution in [0.4, 0.5) is 5.69 Å². The van der Waals surface area contributed by atoms with Crippen molar-refractivity contribution in [3.8, 4) is 17.4 Å². The average Bonchev–Trinajstić information content (AvgIpc) is 3.06. The molecule has 1 aromatic heterocycles. The number of methoxy groups -OCH3 is 2. The minimum atomic E-state index is -4.43. The SMILES string of the molecule is CCOc1ncccc1C1(Cl)C(=O)N(S(=O)(=O)c2ccc(OC)cc2OC)c2ccc(I)cc21. The van der Waals surface area contributed by atoms with Gasteiger partial charge < -0.3 is 14.2 Å². The average molecular weight is 615 g/mol. The second-order valence-corrected chi connectivity index (χ2v) is 10.8. The van der Waals surface area contributed by atoms with E-state index in [9.17, 15) is 13.2 Å². The molecule has 11 heteroatoms. The lowest BCUT2D eigenvalue weighted by atomic mass is 9.92. The minimum Gasteiger partial charge on any atom is -0.497 e. The number of halogens is 2. The summed E-state index contributed by atoms with van der Waals surface area (Å²) in [7, 11) is -1.64. The summed E-state index contributed by atoms with van der Waals surface area (Å²) in [5, 5.41) is 0. The van der Waals surface area contributed by atoms with E-state index in [-0.39, 0.29) is 34.4 Å². The van der Waals surface area contributed by atoms with Crippen molar-refractivity contribution in [1.82, 2.24) is 4.98 Å². The number of sulfonamides is 1. The Labute approximate surface area is 216 Å². The number of benzene rings is 2. The van der Waals surface area contributed by atoms with E-state index >= 15 is 0 Å². The molecule has 0 spiro atoms. The number of amides is 1. The summed E-state index contributed by atoms with van der Waals surface area (Å²) in [6.45, 7) is 2.06. The van der Waals surface area contributed by atoms with Gasteiger partial charge in [0.1, 0.15) is 16.4 Å². The first-order valence-electron chi connectivity index (χ1n) is 10.1. The van der Waals surface area contributed by atoms with Gasteiger partial charge in [0, 0.05) is 27.0 Å². The fraction of sp³-hybridized carbons (Fsp3) is 0.217. The van der Waals surface area contributed by atoms with Gasteiger partial charge in [-0.15, -0.1) is 0 Å². The number of nitrogens with zero attached hydrogens (tertiary/aromatic N) is 2. The summed E-state index contributed by atoms with van der Waals surface area (Å²) >= 11 is 9.15. The summed E-state index contributed by atoms with van der Waals surface area (Å²) in [6, 6.07) is 12.4. The van der Waals surface area contributed by atoms with Crippen molar-refractivity contribution in [2.24, 2.45) is 0 Å². The second kappa shape index (κ2) is 9.23. The maximum Gasteiger partial charge on any atom is 0.274 e. The van der Waals surface area contributed by atoms with E-state index in [1.165, 1.54) is 38.6 Å². The molecule has 0 saturated heterocycles. The van der Waals surface area contributed by atoms with Crippen LogP contribution in [0, 0.1) is 3.57 Å². The van der Waals surface area contributed by atoms with Crippen molar-refractivity contribution in [3.63, 3.8) is 0 Å². The summed E-state index contributed by atoms with van der Waals surface area (Å²) < 4.78 is 45.3. The van der Waals surface area contributed by atoms with E-state index in [0.29, 0.717) is 11.3 Å². The first-order valence-corrected chi connectivity index (χ1v) is 13.0. The van der Waals surface area contributed by atoms with Crippen molar-refractivity contribution >= 4 is 55.8 Å². The molecule has 4 rings (SSSR count). The van der Waals surface area contributed by atoms with E-state index in [2.05, 4.69) is 27.6 Å². The monoisotopic (exact) mass is 614 g/mol. The third kappa shape index (κ3) is 3.77. The van der Waals surface area contributed by atoms with Gasteiger partial charge in [0.2, 0.25) is 5.88 Å². The maximum absolute atomic E-state index is 14.0. The van der Waals surface area contributed by atoms with Gasteiger partial charge in [0.25, 0.3) is 15.9 Å². The standard InChI is InChI=1S/C23H20ClIN2O6S/c1-4-33-21-16(6-5-11-26-21)23(24)17-12-14(25)7-9-18(17)27(22(23)28)34(29,30)20-10-8-15(31-2)13-19(20)32-3/h5-13H,4H2,1-3H3. The first-order chi connectivity index (χ1) is 16.2. The first kappa shape index (κ1) is 24.6. The Balaban J connectivity index is 1.97. The number of carbonyl (C=O) groups is 1. The van der Waals surface area contributed by atoms with E-state index in [4.69, 9.17) is 25.8 Å². The van der Waals surface area contributed by atoms with Crippen molar-refractivity contribution in [3.05, 3.63) is 69.4 Å². The number of hydrogen-bond donors (Lipinski definition) is 0. The summed E-state index contributed by atoms with van der Waals surface area (Å²) in [5.74, 6) is -0.276. The lowest BCUT2D eigenvalue weighted by Crippen LogP contribution is -2.41. The third-order valence-corrected chi connectivity index (χ3v) is 8.32. The van der Waals surface area contributed by atoms with Crippen LogP contribution in [-0.4, -0.2) is 40.1 Å². The molecule has 0 aliphatic carbocycles. The van der Waals surface area contributed by atoms with Gasteiger partial charge >= 0.3 is 0 Å². The quantitative estimate of drug-likeness (QED) is 0.289. The number of pyridine rings is 1. The number of aromatic nitrogens is 1. The Morgan fingerprint density at radius 1 is 1.09 bits per heavy atom. The fourth-order valence-electron chi connectivity index (χ4n) is 3.82. The van der Waals surface area contributed by atoms with Gasteiger partial charge in [0.15, 0.2) is 4.87 Å². The predicted molar refractivity (Wildman–Crippen MR) is 135 cm³/mol. The number of hydrogen-bond acceptors (Lipinski definition) is 7. The molecule has 1 aliphatic heterocycles. The van der Waals surface area contributed by atoms with E-state index in [0.717, 1.165) is 7.88 Å². The Morgan fingerprint density at radius 2 is 1.85 bits per heavy atom. The smallest absolute Gasteiger partial charge is 0.274 e. The number of ether oxygens (including phenoxy) is 3. The van der Waals surface area contributed by atoms with Crippen molar-refractivity contribution < 1.29 is 27.4 Å². The number of anilines is 1. The van der Waals surface area contributed by atoms with Crippen LogP contribution >= 0.6 is 34.2 Å². The largest absolute Gasteiger partial charge is 0.497 e. The fourth-order valence-corrected chi connectivity index (χ4v) is 6.34. The molecule has 1 amide bonds. The van der Waals surface area contributed by atoms with Crippen molar-refractivity contribution in [2.45, 2.75) is 16.7 Å². The summed E-state index contributed by atoms with van der Waals surface area (Å²) in [6.07, 6.45) is 1.51.